The second-order valence-electron chi connectivity index (χ2n) is 7.36. The molecule has 0 aromatic heterocycles. The largest absolute Gasteiger partial charge is 0.481 e. The lowest BCUT2D eigenvalue weighted by molar-refractivity contribution is -0.143. The number of benzene rings is 1. The van der Waals surface area contributed by atoms with Crippen molar-refractivity contribution in [3.8, 4) is 0 Å². The Balaban J connectivity index is 1.96. The molecule has 29 heavy (non-hydrogen) atoms. The van der Waals surface area contributed by atoms with Crippen LogP contribution >= 0.6 is 0 Å². The Morgan fingerprint density at radius 3 is 2.34 bits per heavy atom. The van der Waals surface area contributed by atoms with Gasteiger partial charge in [-0.05, 0) is 42.8 Å². The molecule has 0 radical (unpaired) electrons. The molecular formula is C18H24BF3N2O5. The van der Waals surface area contributed by atoms with E-state index >= 15 is 0 Å². The summed E-state index contributed by atoms with van der Waals surface area (Å²) in [6.07, 6.45) is -3.46. The number of aliphatic carboxylic acids is 1. The normalized spacial score (nSPS) is 20.6. The molecule has 0 aliphatic carbocycles. The van der Waals surface area contributed by atoms with Crippen LogP contribution in [-0.2, 0) is 22.2 Å². The second-order valence-corrected chi connectivity index (χ2v) is 7.36. The molecule has 160 valence electrons. The Hall–Kier alpha value is -2.11. The molecule has 5 N–H and O–H groups in total. The van der Waals surface area contributed by atoms with Crippen molar-refractivity contribution in [3.63, 3.8) is 0 Å². The van der Waals surface area contributed by atoms with Crippen LogP contribution in [0.4, 0.5) is 13.2 Å². The van der Waals surface area contributed by atoms with Gasteiger partial charge in [-0.2, -0.15) is 13.2 Å². The summed E-state index contributed by atoms with van der Waals surface area (Å²) < 4.78 is 37.9. The first kappa shape index (κ1) is 23.2. The van der Waals surface area contributed by atoms with Crippen LogP contribution in [0.5, 0.6) is 0 Å². The summed E-state index contributed by atoms with van der Waals surface area (Å²) in [5.74, 6) is -2.59. The van der Waals surface area contributed by atoms with Gasteiger partial charge in [-0.15, -0.1) is 0 Å². The number of carboxylic acids is 1. The van der Waals surface area contributed by atoms with Crippen LogP contribution in [0.3, 0.4) is 0 Å². The van der Waals surface area contributed by atoms with Crippen molar-refractivity contribution < 1.29 is 37.9 Å². The molecular weight excluding hydrogens is 392 g/mol. The zero-order chi connectivity index (χ0) is 21.8. The first-order chi connectivity index (χ1) is 13.5. The summed E-state index contributed by atoms with van der Waals surface area (Å²) in [4.78, 5) is 25.5. The van der Waals surface area contributed by atoms with Crippen LogP contribution in [-0.4, -0.2) is 58.2 Å². The van der Waals surface area contributed by atoms with Gasteiger partial charge in [0.25, 0.3) is 0 Å². The van der Waals surface area contributed by atoms with E-state index < -0.39 is 42.7 Å². The van der Waals surface area contributed by atoms with Crippen LogP contribution in [0.25, 0.3) is 0 Å². The monoisotopic (exact) mass is 416 g/mol. The summed E-state index contributed by atoms with van der Waals surface area (Å²) in [6.45, 7) is 0.194. The number of hydrogen-bond donors (Lipinski definition) is 4. The third kappa shape index (κ3) is 6.45. The molecule has 0 bridgehead atoms. The lowest BCUT2D eigenvalue weighted by atomic mass is 9.80. The van der Waals surface area contributed by atoms with Crippen LogP contribution in [0.15, 0.2) is 24.3 Å². The first-order valence-electron chi connectivity index (χ1n) is 9.28. The predicted molar refractivity (Wildman–Crippen MR) is 98.6 cm³/mol. The third-order valence-electron chi connectivity index (χ3n) is 5.16. The van der Waals surface area contributed by atoms with Crippen molar-refractivity contribution in [2.75, 3.05) is 13.1 Å². The first-order valence-corrected chi connectivity index (χ1v) is 9.28. The molecule has 2 rings (SSSR count). The highest BCUT2D eigenvalue weighted by atomic mass is 19.4. The maximum atomic E-state index is 12.6. The molecule has 7 nitrogen and oxygen atoms in total. The summed E-state index contributed by atoms with van der Waals surface area (Å²) in [6, 6.07) is 3.38. The lowest BCUT2D eigenvalue weighted by Gasteiger charge is -2.21. The quantitative estimate of drug-likeness (QED) is 0.469. The summed E-state index contributed by atoms with van der Waals surface area (Å²) in [7, 11) is -1.46. The maximum absolute atomic E-state index is 12.6. The molecule has 1 heterocycles. The van der Waals surface area contributed by atoms with Gasteiger partial charge in [-0.3, -0.25) is 9.59 Å². The third-order valence-corrected chi connectivity index (χ3v) is 5.16. The van der Waals surface area contributed by atoms with Gasteiger partial charge in [0.1, 0.15) is 0 Å². The van der Waals surface area contributed by atoms with Gasteiger partial charge in [0.2, 0.25) is 5.91 Å². The van der Waals surface area contributed by atoms with Crippen LogP contribution in [0.1, 0.15) is 24.0 Å². The lowest BCUT2D eigenvalue weighted by Crippen LogP contribution is -2.44. The van der Waals surface area contributed by atoms with E-state index in [0.29, 0.717) is 18.4 Å². The van der Waals surface area contributed by atoms with Gasteiger partial charge >= 0.3 is 19.3 Å². The Morgan fingerprint density at radius 1 is 1.21 bits per heavy atom. The van der Waals surface area contributed by atoms with Crippen molar-refractivity contribution in [1.82, 2.24) is 4.90 Å². The second kappa shape index (κ2) is 9.60. The minimum atomic E-state index is -4.45. The fourth-order valence-electron chi connectivity index (χ4n) is 3.59. The van der Waals surface area contributed by atoms with Gasteiger partial charge in [-0.1, -0.05) is 18.6 Å². The Morgan fingerprint density at radius 2 is 1.83 bits per heavy atom. The molecule has 1 aliphatic rings. The Labute approximate surface area is 166 Å². The summed E-state index contributed by atoms with van der Waals surface area (Å²) >= 11 is 0. The smallest absolute Gasteiger partial charge is 0.451 e. The fraction of sp³-hybridized carbons (Fsp3) is 0.556. The molecule has 1 aliphatic heterocycles. The zero-order valence-corrected chi connectivity index (χ0v) is 15.7. The van der Waals surface area contributed by atoms with E-state index in [0.717, 1.165) is 12.1 Å². The molecule has 1 aromatic carbocycles. The number of carbonyl (C=O) groups excluding carboxylic acids is 1. The maximum Gasteiger partial charge on any atom is 0.451 e. The fourth-order valence-corrected chi connectivity index (χ4v) is 3.59. The number of likely N-dealkylation sites (tertiary alicyclic amines) is 1. The average Bonchev–Trinajstić information content (AvgIpc) is 3.05. The minimum absolute atomic E-state index is 0.00121. The zero-order valence-electron chi connectivity index (χ0n) is 15.7. The van der Waals surface area contributed by atoms with Crippen molar-refractivity contribution in [2.24, 2.45) is 17.6 Å². The van der Waals surface area contributed by atoms with Gasteiger partial charge in [0, 0.05) is 13.1 Å². The average molecular weight is 416 g/mol. The van der Waals surface area contributed by atoms with E-state index in [2.05, 4.69) is 0 Å². The van der Waals surface area contributed by atoms with Crippen LogP contribution in [0, 0.1) is 11.8 Å². The standard InChI is InChI=1S/C18H24BF3N2O5/c20-18(21,22)13-5-3-11(4-6-13)8-15(23)16(25)24-9-12(2-1-7-19(28)29)14(10-24)17(26)27/h3-6,12,14-15,28-29H,1-2,7-10,23H2,(H,26,27). The van der Waals surface area contributed by atoms with Gasteiger partial charge < -0.3 is 25.8 Å². The molecule has 0 spiro atoms. The van der Waals surface area contributed by atoms with Crippen LogP contribution < -0.4 is 5.73 Å². The van der Waals surface area contributed by atoms with Crippen molar-refractivity contribution in [1.29, 1.82) is 0 Å². The predicted octanol–water partition coefficient (Wildman–Crippen LogP) is 0.987. The summed E-state index contributed by atoms with van der Waals surface area (Å²) in [5, 5.41) is 27.2. The highest BCUT2D eigenvalue weighted by Gasteiger charge is 2.40. The number of nitrogens with zero attached hydrogens (tertiary/aromatic N) is 1. The molecule has 11 heteroatoms. The number of alkyl halides is 3. The molecule has 3 unspecified atom stereocenters. The Kier molecular flexibility index (Phi) is 7.67. The number of amides is 1. The number of carboxylic acid groups (broad SMARTS) is 1. The van der Waals surface area contributed by atoms with Crippen molar-refractivity contribution >= 4 is 19.0 Å². The number of rotatable bonds is 8. The molecule has 1 fully saturated rings. The van der Waals surface area contributed by atoms with Gasteiger partial charge in [0.05, 0.1) is 17.5 Å². The van der Waals surface area contributed by atoms with Crippen molar-refractivity contribution in [2.45, 2.75) is 37.8 Å². The van der Waals surface area contributed by atoms with Gasteiger partial charge in [-0.25, -0.2) is 0 Å². The van der Waals surface area contributed by atoms with E-state index in [9.17, 15) is 27.9 Å². The molecule has 0 saturated carbocycles. The SMILES string of the molecule is NC(Cc1ccc(C(F)(F)F)cc1)C(=O)N1CC(CCCB(O)O)C(C(=O)O)C1. The van der Waals surface area contributed by atoms with E-state index in [4.69, 9.17) is 15.8 Å². The van der Waals surface area contributed by atoms with E-state index in [1.54, 1.807) is 0 Å². The highest BCUT2D eigenvalue weighted by Crippen LogP contribution is 2.30. The molecule has 1 saturated heterocycles. The molecule has 1 aromatic rings. The Bertz CT molecular complexity index is 714. The number of hydrogen-bond acceptors (Lipinski definition) is 5. The number of nitrogens with two attached hydrogens (primary N) is 1. The van der Waals surface area contributed by atoms with E-state index in [1.807, 2.05) is 0 Å². The van der Waals surface area contributed by atoms with Crippen molar-refractivity contribution in [3.05, 3.63) is 35.4 Å². The number of halogens is 3. The molecule has 1 amide bonds. The minimum Gasteiger partial charge on any atom is -0.481 e. The van der Waals surface area contributed by atoms with Crippen LogP contribution in [0.2, 0.25) is 6.32 Å². The number of carbonyl (C=O) groups is 2. The van der Waals surface area contributed by atoms with E-state index in [1.165, 1.54) is 17.0 Å². The molecule has 3 atom stereocenters. The highest BCUT2D eigenvalue weighted by molar-refractivity contribution is 6.40. The van der Waals surface area contributed by atoms with Gasteiger partial charge in [0.15, 0.2) is 0 Å². The summed E-state index contributed by atoms with van der Waals surface area (Å²) in [5.41, 5.74) is 5.62. The van der Waals surface area contributed by atoms with E-state index in [-0.39, 0.29) is 31.7 Å². The topological polar surface area (TPSA) is 124 Å².